The van der Waals surface area contributed by atoms with Gasteiger partial charge in [0.15, 0.2) is 0 Å². The molecule has 0 aromatic rings. The summed E-state index contributed by atoms with van der Waals surface area (Å²) < 4.78 is 0. The fraction of sp³-hybridized carbons (Fsp3) is 0.700. The first kappa shape index (κ1) is 14.4. The highest BCUT2D eigenvalue weighted by molar-refractivity contribution is 5.88. The average Bonchev–Trinajstić information content (AvgIpc) is 2.14. The second-order valence-electron chi connectivity index (χ2n) is 3.58. The lowest BCUT2D eigenvalue weighted by Gasteiger charge is -2.23. The summed E-state index contributed by atoms with van der Waals surface area (Å²) in [7, 11) is 0. The minimum atomic E-state index is -1.06. The molecule has 6 nitrogen and oxygen atoms in total. The Bertz CT molecular complexity index is 278. The minimum Gasteiger partial charge on any atom is -0.480 e. The Morgan fingerprint density at radius 3 is 2.31 bits per heavy atom. The van der Waals surface area contributed by atoms with Crippen LogP contribution in [0.1, 0.15) is 27.2 Å². The van der Waals surface area contributed by atoms with E-state index < -0.39 is 12.0 Å². The van der Waals surface area contributed by atoms with Gasteiger partial charge < -0.3 is 15.3 Å². The van der Waals surface area contributed by atoms with Crippen LogP contribution in [-0.4, -0.2) is 46.9 Å². The van der Waals surface area contributed by atoms with Crippen LogP contribution in [0.15, 0.2) is 0 Å². The van der Waals surface area contributed by atoms with Gasteiger partial charge in [-0.3, -0.25) is 14.4 Å². The molecular formula is C10H18N2O4. The summed E-state index contributed by atoms with van der Waals surface area (Å²) in [5.74, 6) is -1.75. The first-order valence-electron chi connectivity index (χ1n) is 5.16. The lowest BCUT2D eigenvalue weighted by Crippen LogP contribution is -2.48. The van der Waals surface area contributed by atoms with Crippen LogP contribution in [0.25, 0.3) is 0 Å². The number of carbonyl (C=O) groups excluding carboxylic acids is 2. The van der Waals surface area contributed by atoms with Crippen molar-refractivity contribution in [2.45, 2.75) is 33.2 Å². The summed E-state index contributed by atoms with van der Waals surface area (Å²) in [6.45, 7) is 4.73. The Labute approximate surface area is 94.6 Å². The maximum absolute atomic E-state index is 11.8. The molecule has 0 saturated carbocycles. The van der Waals surface area contributed by atoms with Gasteiger partial charge in [0.1, 0.15) is 12.6 Å². The third-order valence-corrected chi connectivity index (χ3v) is 1.92. The maximum atomic E-state index is 11.8. The van der Waals surface area contributed by atoms with E-state index >= 15 is 0 Å². The fourth-order valence-corrected chi connectivity index (χ4v) is 1.34. The smallest absolute Gasteiger partial charge is 0.323 e. The van der Waals surface area contributed by atoms with Crippen molar-refractivity contribution >= 4 is 17.8 Å². The molecule has 0 spiro atoms. The largest absolute Gasteiger partial charge is 0.480 e. The van der Waals surface area contributed by atoms with Crippen LogP contribution >= 0.6 is 0 Å². The molecule has 0 aromatic heterocycles. The van der Waals surface area contributed by atoms with Gasteiger partial charge in [-0.1, -0.05) is 6.92 Å². The number of nitrogens with one attached hydrogen (secondary N) is 1. The maximum Gasteiger partial charge on any atom is 0.323 e. The van der Waals surface area contributed by atoms with Crippen molar-refractivity contribution in [1.29, 1.82) is 0 Å². The van der Waals surface area contributed by atoms with Gasteiger partial charge in [-0.05, 0) is 13.3 Å². The predicted octanol–water partition coefficient (Wildman–Crippen LogP) is -0.166. The van der Waals surface area contributed by atoms with Gasteiger partial charge in [0.05, 0.1) is 0 Å². The Hall–Kier alpha value is -1.59. The summed E-state index contributed by atoms with van der Waals surface area (Å²) in [4.78, 5) is 34.3. The third kappa shape index (κ3) is 5.33. The minimum absolute atomic E-state index is 0.312. The molecule has 92 valence electrons. The molecule has 1 unspecified atom stereocenters. The van der Waals surface area contributed by atoms with Crippen LogP contribution in [0, 0.1) is 0 Å². The molecule has 0 rings (SSSR count). The van der Waals surface area contributed by atoms with Crippen molar-refractivity contribution in [3.63, 3.8) is 0 Å². The molecule has 0 aliphatic heterocycles. The molecule has 0 bridgehead atoms. The summed E-state index contributed by atoms with van der Waals surface area (Å²) in [5, 5.41) is 11.1. The highest BCUT2D eigenvalue weighted by Gasteiger charge is 2.22. The van der Waals surface area contributed by atoms with Crippen LogP contribution in [0.4, 0.5) is 0 Å². The lowest BCUT2D eigenvalue weighted by atomic mass is 10.2. The van der Waals surface area contributed by atoms with E-state index in [0.29, 0.717) is 13.0 Å². The number of carbonyl (C=O) groups is 3. The first-order chi connectivity index (χ1) is 7.38. The molecule has 1 atom stereocenters. The molecule has 0 heterocycles. The van der Waals surface area contributed by atoms with E-state index in [1.54, 1.807) is 0 Å². The van der Waals surface area contributed by atoms with Gasteiger partial charge in [0, 0.05) is 13.5 Å². The van der Waals surface area contributed by atoms with Crippen molar-refractivity contribution in [2.24, 2.45) is 0 Å². The van der Waals surface area contributed by atoms with Crippen molar-refractivity contribution in [1.82, 2.24) is 10.2 Å². The van der Waals surface area contributed by atoms with E-state index in [2.05, 4.69) is 5.32 Å². The van der Waals surface area contributed by atoms with Crippen LogP contribution in [0.5, 0.6) is 0 Å². The van der Waals surface area contributed by atoms with E-state index in [1.807, 2.05) is 6.92 Å². The quantitative estimate of drug-likeness (QED) is 0.663. The lowest BCUT2D eigenvalue weighted by molar-refractivity contribution is -0.145. The van der Waals surface area contributed by atoms with E-state index in [9.17, 15) is 14.4 Å². The molecule has 0 aliphatic rings. The number of carboxylic acids is 1. The van der Waals surface area contributed by atoms with Gasteiger partial charge in [-0.25, -0.2) is 0 Å². The standard InChI is InChI=1S/C10H18N2O4/c1-4-5-12(6-9(14)15)10(16)7(2)11-8(3)13/h7H,4-6H2,1-3H3,(H,11,13)(H,14,15). The van der Waals surface area contributed by atoms with E-state index in [-0.39, 0.29) is 18.4 Å². The second kappa shape index (κ2) is 6.81. The zero-order valence-electron chi connectivity index (χ0n) is 9.82. The summed E-state index contributed by atoms with van der Waals surface area (Å²) >= 11 is 0. The molecule has 0 fully saturated rings. The number of hydrogen-bond acceptors (Lipinski definition) is 3. The first-order valence-corrected chi connectivity index (χ1v) is 5.16. The van der Waals surface area contributed by atoms with Crippen molar-refractivity contribution < 1.29 is 19.5 Å². The van der Waals surface area contributed by atoms with Crippen molar-refractivity contribution in [3.8, 4) is 0 Å². The van der Waals surface area contributed by atoms with Crippen LogP contribution < -0.4 is 5.32 Å². The van der Waals surface area contributed by atoms with Gasteiger partial charge in [0.2, 0.25) is 11.8 Å². The zero-order chi connectivity index (χ0) is 12.7. The molecule has 0 saturated heterocycles. The highest BCUT2D eigenvalue weighted by atomic mass is 16.4. The monoisotopic (exact) mass is 230 g/mol. The van der Waals surface area contributed by atoms with E-state index in [1.165, 1.54) is 18.7 Å². The SMILES string of the molecule is CCCN(CC(=O)O)C(=O)C(C)NC(C)=O. The molecular weight excluding hydrogens is 212 g/mol. The van der Waals surface area contributed by atoms with Crippen molar-refractivity contribution in [3.05, 3.63) is 0 Å². The molecule has 6 heteroatoms. The number of carboxylic acid groups (broad SMARTS) is 1. The number of nitrogens with zero attached hydrogens (tertiary/aromatic N) is 1. The number of aliphatic carboxylic acids is 1. The van der Waals surface area contributed by atoms with Gasteiger partial charge in [-0.15, -0.1) is 0 Å². The highest BCUT2D eigenvalue weighted by Crippen LogP contribution is 1.97. The molecule has 0 aliphatic carbocycles. The van der Waals surface area contributed by atoms with E-state index in [4.69, 9.17) is 5.11 Å². The van der Waals surface area contributed by atoms with Gasteiger partial charge in [0.25, 0.3) is 0 Å². The zero-order valence-corrected chi connectivity index (χ0v) is 9.82. The predicted molar refractivity (Wildman–Crippen MR) is 57.8 cm³/mol. The van der Waals surface area contributed by atoms with Gasteiger partial charge in [-0.2, -0.15) is 0 Å². The molecule has 0 aromatic carbocycles. The Kier molecular flexibility index (Phi) is 6.14. The Morgan fingerprint density at radius 1 is 1.38 bits per heavy atom. The summed E-state index contributed by atoms with van der Waals surface area (Å²) in [5.41, 5.74) is 0. The van der Waals surface area contributed by atoms with Gasteiger partial charge >= 0.3 is 5.97 Å². The number of amides is 2. The van der Waals surface area contributed by atoms with Crippen LogP contribution in [0.3, 0.4) is 0 Å². The molecule has 16 heavy (non-hydrogen) atoms. The normalized spacial score (nSPS) is 11.7. The third-order valence-electron chi connectivity index (χ3n) is 1.92. The Balaban J connectivity index is 4.46. The number of rotatable bonds is 6. The fourth-order valence-electron chi connectivity index (χ4n) is 1.34. The van der Waals surface area contributed by atoms with E-state index in [0.717, 1.165) is 0 Å². The summed E-state index contributed by atoms with van der Waals surface area (Å²) in [6, 6.07) is -0.691. The molecule has 0 radical (unpaired) electrons. The van der Waals surface area contributed by atoms with Crippen LogP contribution in [-0.2, 0) is 14.4 Å². The molecule has 2 N–H and O–H groups in total. The topological polar surface area (TPSA) is 86.7 Å². The second-order valence-corrected chi connectivity index (χ2v) is 3.58. The number of hydrogen-bond donors (Lipinski definition) is 2. The average molecular weight is 230 g/mol. The Morgan fingerprint density at radius 2 is 1.94 bits per heavy atom. The van der Waals surface area contributed by atoms with Crippen molar-refractivity contribution in [2.75, 3.05) is 13.1 Å². The summed E-state index contributed by atoms with van der Waals surface area (Å²) in [6.07, 6.45) is 0.672. The van der Waals surface area contributed by atoms with Crippen LogP contribution in [0.2, 0.25) is 0 Å². The molecule has 2 amide bonds.